The van der Waals surface area contributed by atoms with Gasteiger partial charge in [-0.15, -0.1) is 0 Å². The van der Waals surface area contributed by atoms with Crippen LogP contribution in [-0.2, 0) is 9.47 Å². The predicted octanol–water partition coefficient (Wildman–Crippen LogP) is 2.24. The van der Waals surface area contributed by atoms with Gasteiger partial charge in [0.25, 0.3) is 0 Å². The van der Waals surface area contributed by atoms with Crippen molar-refractivity contribution in [2.75, 3.05) is 26.1 Å². The number of anilines is 1. The van der Waals surface area contributed by atoms with Crippen LogP contribution in [0.3, 0.4) is 0 Å². The fraction of sp³-hybridized carbons (Fsp3) is 0.364. The highest BCUT2D eigenvalue weighted by Gasteiger charge is 2.07. The van der Waals surface area contributed by atoms with E-state index in [0.29, 0.717) is 22.8 Å². The molecular weight excluding hydrogens is 228 g/mol. The summed E-state index contributed by atoms with van der Waals surface area (Å²) < 4.78 is 10.0. The van der Waals surface area contributed by atoms with E-state index in [-0.39, 0.29) is 6.29 Å². The number of hydrogen-bond donors (Lipinski definition) is 1. The van der Waals surface area contributed by atoms with Crippen LogP contribution in [-0.4, -0.2) is 27.1 Å². The topological polar surface area (TPSA) is 54.3 Å². The summed E-state index contributed by atoms with van der Waals surface area (Å²) in [6.07, 6.45) is -0.345. The summed E-state index contributed by atoms with van der Waals surface area (Å²) >= 11 is 5.78. The number of nitrogens with zero attached hydrogens (tertiary/aromatic N) is 1. The molecule has 86 valence electrons. The maximum absolute atomic E-state index is 8.91. The van der Waals surface area contributed by atoms with E-state index in [0.717, 1.165) is 0 Å². The Morgan fingerprint density at radius 3 is 2.69 bits per heavy atom. The Morgan fingerprint density at radius 2 is 2.12 bits per heavy atom. The van der Waals surface area contributed by atoms with E-state index >= 15 is 0 Å². The van der Waals surface area contributed by atoms with Crippen molar-refractivity contribution in [3.05, 3.63) is 28.8 Å². The lowest BCUT2D eigenvalue weighted by Gasteiger charge is -2.15. The number of nitrogens with one attached hydrogen (secondary N) is 1. The third kappa shape index (κ3) is 3.38. The quantitative estimate of drug-likeness (QED) is 0.802. The van der Waals surface area contributed by atoms with Gasteiger partial charge in [-0.25, -0.2) is 0 Å². The Hall–Kier alpha value is -1.28. The van der Waals surface area contributed by atoms with E-state index in [1.807, 2.05) is 0 Å². The van der Waals surface area contributed by atoms with Crippen molar-refractivity contribution in [2.45, 2.75) is 6.29 Å². The molecule has 0 unspecified atom stereocenters. The van der Waals surface area contributed by atoms with Gasteiger partial charge in [-0.05, 0) is 18.2 Å². The second-order valence-corrected chi connectivity index (χ2v) is 3.52. The molecule has 0 saturated heterocycles. The molecular formula is C11H13ClN2O2. The molecule has 0 spiro atoms. The number of halogens is 1. The van der Waals surface area contributed by atoms with E-state index < -0.39 is 0 Å². The van der Waals surface area contributed by atoms with Gasteiger partial charge in [0.1, 0.15) is 6.07 Å². The van der Waals surface area contributed by atoms with Gasteiger partial charge in [0.05, 0.1) is 17.8 Å². The Labute approximate surface area is 99.7 Å². The molecule has 1 N–H and O–H groups in total. The summed E-state index contributed by atoms with van der Waals surface area (Å²) in [5.74, 6) is 0. The molecule has 0 amide bonds. The average Bonchev–Trinajstić information content (AvgIpc) is 2.31. The van der Waals surface area contributed by atoms with Crippen molar-refractivity contribution in [3.8, 4) is 6.07 Å². The van der Waals surface area contributed by atoms with E-state index in [9.17, 15) is 0 Å². The van der Waals surface area contributed by atoms with Gasteiger partial charge in [0, 0.05) is 19.2 Å². The normalized spacial score (nSPS) is 10.2. The molecule has 0 fully saturated rings. The molecule has 1 rings (SSSR count). The van der Waals surface area contributed by atoms with Crippen LogP contribution < -0.4 is 5.32 Å². The molecule has 0 radical (unpaired) electrons. The second kappa shape index (κ2) is 6.33. The lowest BCUT2D eigenvalue weighted by Crippen LogP contribution is -2.23. The van der Waals surface area contributed by atoms with Crippen molar-refractivity contribution in [3.63, 3.8) is 0 Å². The molecule has 0 heterocycles. The maximum Gasteiger partial charge on any atom is 0.173 e. The molecule has 5 heteroatoms. The second-order valence-electron chi connectivity index (χ2n) is 3.08. The molecule has 1 aromatic carbocycles. The summed E-state index contributed by atoms with van der Waals surface area (Å²) in [4.78, 5) is 0. The molecule has 0 atom stereocenters. The van der Waals surface area contributed by atoms with Gasteiger partial charge in [0.2, 0.25) is 0 Å². The molecule has 4 nitrogen and oxygen atoms in total. The Bertz CT molecular complexity index is 386. The zero-order valence-electron chi connectivity index (χ0n) is 9.16. The summed E-state index contributed by atoms with van der Waals surface area (Å²) in [7, 11) is 3.12. The number of benzene rings is 1. The zero-order valence-corrected chi connectivity index (χ0v) is 9.91. The molecule has 0 bridgehead atoms. The van der Waals surface area contributed by atoms with Crippen LogP contribution >= 0.6 is 11.6 Å². The van der Waals surface area contributed by atoms with E-state index in [1.54, 1.807) is 32.4 Å². The smallest absolute Gasteiger partial charge is 0.173 e. The Morgan fingerprint density at radius 1 is 1.44 bits per heavy atom. The highest BCUT2D eigenvalue weighted by Crippen LogP contribution is 2.19. The van der Waals surface area contributed by atoms with Gasteiger partial charge < -0.3 is 14.8 Å². The third-order valence-corrected chi connectivity index (χ3v) is 2.32. The van der Waals surface area contributed by atoms with Crippen LogP contribution in [0, 0.1) is 11.3 Å². The Balaban J connectivity index is 2.70. The van der Waals surface area contributed by atoms with Gasteiger partial charge >= 0.3 is 0 Å². The average molecular weight is 241 g/mol. The van der Waals surface area contributed by atoms with Crippen molar-refractivity contribution >= 4 is 17.3 Å². The van der Waals surface area contributed by atoms with Crippen LogP contribution in [0.4, 0.5) is 5.69 Å². The fourth-order valence-electron chi connectivity index (χ4n) is 1.22. The van der Waals surface area contributed by atoms with Gasteiger partial charge in [-0.2, -0.15) is 5.26 Å². The van der Waals surface area contributed by atoms with Crippen LogP contribution in [0.15, 0.2) is 18.2 Å². The monoisotopic (exact) mass is 240 g/mol. The lowest BCUT2D eigenvalue weighted by atomic mass is 10.2. The molecule has 0 aliphatic heterocycles. The number of rotatable bonds is 5. The van der Waals surface area contributed by atoms with Crippen LogP contribution in [0.2, 0.25) is 5.02 Å². The first-order valence-electron chi connectivity index (χ1n) is 4.70. The summed E-state index contributed by atoms with van der Waals surface area (Å²) in [6, 6.07) is 7.15. The fourth-order valence-corrected chi connectivity index (χ4v) is 1.39. The van der Waals surface area contributed by atoms with Crippen LogP contribution in [0.5, 0.6) is 0 Å². The van der Waals surface area contributed by atoms with E-state index in [2.05, 4.69) is 11.4 Å². The summed E-state index contributed by atoms with van der Waals surface area (Å²) in [5, 5.41) is 12.5. The number of ether oxygens (including phenoxy) is 2. The number of hydrogen-bond acceptors (Lipinski definition) is 4. The summed E-state index contributed by atoms with van der Waals surface area (Å²) in [5.41, 5.74) is 1.21. The van der Waals surface area contributed by atoms with Gasteiger partial charge in [0.15, 0.2) is 6.29 Å². The molecule has 1 aromatic rings. The minimum absolute atomic E-state index is 0.345. The van der Waals surface area contributed by atoms with Crippen molar-refractivity contribution in [1.29, 1.82) is 5.26 Å². The highest BCUT2D eigenvalue weighted by molar-refractivity contribution is 6.30. The highest BCUT2D eigenvalue weighted by atomic mass is 35.5. The standard InChI is InChI=1S/C11H13ClN2O2/c1-15-11(16-2)7-14-10-4-3-9(12)5-8(10)6-13/h3-5,11,14H,7H2,1-2H3. The zero-order chi connectivity index (χ0) is 12.0. The van der Waals surface area contributed by atoms with Crippen molar-refractivity contribution in [2.24, 2.45) is 0 Å². The first kappa shape index (κ1) is 12.8. The van der Waals surface area contributed by atoms with E-state index in [1.165, 1.54) is 0 Å². The van der Waals surface area contributed by atoms with E-state index in [4.69, 9.17) is 26.3 Å². The van der Waals surface area contributed by atoms with Gasteiger partial charge in [-0.3, -0.25) is 0 Å². The molecule has 0 aromatic heterocycles. The van der Waals surface area contributed by atoms with Gasteiger partial charge in [-0.1, -0.05) is 11.6 Å². The molecule has 0 aliphatic carbocycles. The largest absolute Gasteiger partial charge is 0.379 e. The SMILES string of the molecule is COC(CNc1ccc(Cl)cc1C#N)OC. The first-order chi connectivity index (χ1) is 7.71. The van der Waals surface area contributed by atoms with Crippen LogP contribution in [0.25, 0.3) is 0 Å². The number of methoxy groups -OCH3 is 2. The molecule has 16 heavy (non-hydrogen) atoms. The molecule has 0 aliphatic rings. The predicted molar refractivity (Wildman–Crippen MR) is 62.5 cm³/mol. The number of nitriles is 1. The summed E-state index contributed by atoms with van der Waals surface area (Å²) in [6.45, 7) is 0.462. The Kier molecular flexibility index (Phi) is 5.06. The molecule has 0 saturated carbocycles. The van der Waals surface area contributed by atoms with Crippen molar-refractivity contribution in [1.82, 2.24) is 0 Å². The first-order valence-corrected chi connectivity index (χ1v) is 5.08. The lowest BCUT2D eigenvalue weighted by molar-refractivity contribution is -0.0914. The van der Waals surface area contributed by atoms with Crippen LogP contribution in [0.1, 0.15) is 5.56 Å². The minimum atomic E-state index is -0.345. The third-order valence-electron chi connectivity index (χ3n) is 2.09. The maximum atomic E-state index is 8.91. The minimum Gasteiger partial charge on any atom is -0.379 e. The van der Waals surface area contributed by atoms with Crippen molar-refractivity contribution < 1.29 is 9.47 Å².